The molecule has 10 nitrogen and oxygen atoms in total. The van der Waals surface area contributed by atoms with Crippen molar-refractivity contribution in [1.82, 2.24) is 5.32 Å². The fraction of sp³-hybridized carbons (Fsp3) is 0.261. The number of fused-ring (bicyclic) bond motifs is 1. The van der Waals surface area contributed by atoms with Gasteiger partial charge in [0.2, 0.25) is 11.5 Å². The van der Waals surface area contributed by atoms with Gasteiger partial charge in [0.1, 0.15) is 11.5 Å². The number of benzene rings is 2. The van der Waals surface area contributed by atoms with Gasteiger partial charge in [-0.15, -0.1) is 0 Å². The zero-order valence-electron chi connectivity index (χ0n) is 18.3. The molecule has 0 atom stereocenters. The molecule has 2 aromatic carbocycles. The van der Waals surface area contributed by atoms with Crippen molar-refractivity contribution >= 4 is 23.7 Å². The zero-order chi connectivity index (χ0) is 24.0. The molecule has 0 aliphatic carbocycles. The summed E-state index contributed by atoms with van der Waals surface area (Å²) in [5, 5.41) is 11.0. The van der Waals surface area contributed by atoms with Crippen molar-refractivity contribution in [2.75, 3.05) is 34.5 Å². The van der Waals surface area contributed by atoms with Crippen LogP contribution in [0.15, 0.2) is 36.1 Å². The summed E-state index contributed by atoms with van der Waals surface area (Å²) in [6.07, 6.45) is 1.38. The first kappa shape index (κ1) is 23.5. The van der Waals surface area contributed by atoms with Gasteiger partial charge in [0, 0.05) is 12.6 Å². The van der Waals surface area contributed by atoms with Crippen LogP contribution in [0.1, 0.15) is 22.3 Å². The molecule has 0 saturated carbocycles. The number of ether oxygens (including phenoxy) is 5. The summed E-state index contributed by atoms with van der Waals surface area (Å²) in [7, 11) is 4.49. The average Bonchev–Trinajstić information content (AvgIpc) is 3.11. The Kier molecular flexibility index (Phi) is 7.39. The average molecular weight is 457 g/mol. The fourth-order valence-corrected chi connectivity index (χ4v) is 3.10. The Hall–Kier alpha value is -4.21. The molecule has 0 fully saturated rings. The third-order valence-electron chi connectivity index (χ3n) is 4.66. The monoisotopic (exact) mass is 457 g/mol. The summed E-state index contributed by atoms with van der Waals surface area (Å²) in [5.74, 6) is 0.237. The van der Waals surface area contributed by atoms with Gasteiger partial charge in [-0.05, 0) is 35.9 Å². The molecule has 0 radical (unpaired) electrons. The second kappa shape index (κ2) is 10.4. The van der Waals surface area contributed by atoms with Crippen LogP contribution in [0, 0.1) is 0 Å². The number of allylic oxidation sites excluding steroid dienone is 1. The smallest absolute Gasteiger partial charge is 0.305 e. The molecule has 1 heterocycles. The third kappa shape index (κ3) is 5.53. The lowest BCUT2D eigenvalue weighted by atomic mass is 10.1. The summed E-state index contributed by atoms with van der Waals surface area (Å²) in [5.41, 5.74) is 0.960. The molecule has 0 spiro atoms. The first-order valence-electron chi connectivity index (χ1n) is 9.85. The van der Waals surface area contributed by atoms with E-state index >= 15 is 0 Å². The van der Waals surface area contributed by atoms with Crippen LogP contribution in [0.3, 0.4) is 0 Å². The first-order valence-corrected chi connectivity index (χ1v) is 9.85. The van der Waals surface area contributed by atoms with E-state index in [1.54, 1.807) is 30.3 Å². The lowest BCUT2D eigenvalue weighted by Crippen LogP contribution is -2.30. The van der Waals surface area contributed by atoms with E-state index in [1.807, 2.05) is 0 Å². The number of carbonyl (C=O) groups is 3. The maximum Gasteiger partial charge on any atom is 0.305 e. The van der Waals surface area contributed by atoms with Crippen LogP contribution in [0.2, 0.25) is 0 Å². The van der Waals surface area contributed by atoms with Crippen LogP contribution in [-0.2, 0) is 9.59 Å². The summed E-state index contributed by atoms with van der Waals surface area (Å²) in [6, 6.07) is 7.98. The van der Waals surface area contributed by atoms with Gasteiger partial charge in [0.15, 0.2) is 23.9 Å². The first-order chi connectivity index (χ1) is 15.9. The number of aliphatic carboxylic acids is 1. The van der Waals surface area contributed by atoms with Gasteiger partial charge >= 0.3 is 5.97 Å². The highest BCUT2D eigenvalue weighted by molar-refractivity contribution is 6.14. The lowest BCUT2D eigenvalue weighted by molar-refractivity contribution is -0.137. The molecule has 0 unspecified atom stereocenters. The van der Waals surface area contributed by atoms with E-state index < -0.39 is 11.9 Å². The van der Waals surface area contributed by atoms with Crippen LogP contribution in [0.25, 0.3) is 6.08 Å². The van der Waals surface area contributed by atoms with E-state index in [-0.39, 0.29) is 31.1 Å². The van der Waals surface area contributed by atoms with Crippen LogP contribution in [-0.4, -0.2) is 57.2 Å². The number of carbonyl (C=O) groups excluding carboxylic acids is 2. The molecule has 1 amide bonds. The number of methoxy groups -OCH3 is 3. The van der Waals surface area contributed by atoms with Gasteiger partial charge in [0.25, 0.3) is 5.91 Å². The molecule has 2 N–H and O–H groups in total. The quantitative estimate of drug-likeness (QED) is 0.516. The standard InChI is InChI=1S/C23H23NO9/c1-29-18-9-13(10-19(30-2)23(18)31-3)8-17-22(28)15-5-4-14(11-16(15)33-17)32-12-20(25)24-7-6-21(26)27/h4-5,8-11H,6-7,12H2,1-3H3,(H,24,25)(H,26,27). The van der Waals surface area contributed by atoms with Crippen LogP contribution in [0.4, 0.5) is 0 Å². The zero-order valence-corrected chi connectivity index (χ0v) is 18.3. The Morgan fingerprint density at radius 1 is 1.06 bits per heavy atom. The molecule has 174 valence electrons. The topological polar surface area (TPSA) is 130 Å². The fourth-order valence-electron chi connectivity index (χ4n) is 3.10. The Morgan fingerprint density at radius 3 is 2.36 bits per heavy atom. The molecule has 2 aromatic rings. The largest absolute Gasteiger partial charge is 0.493 e. The van der Waals surface area contributed by atoms with E-state index in [2.05, 4.69) is 5.32 Å². The predicted molar refractivity (Wildman–Crippen MR) is 116 cm³/mol. The van der Waals surface area contributed by atoms with Crippen molar-refractivity contribution in [2.24, 2.45) is 0 Å². The Morgan fingerprint density at radius 2 is 1.76 bits per heavy atom. The maximum atomic E-state index is 12.8. The molecular formula is C23H23NO9. The van der Waals surface area contributed by atoms with E-state index in [0.29, 0.717) is 39.9 Å². The van der Waals surface area contributed by atoms with E-state index in [0.717, 1.165) is 0 Å². The SMILES string of the molecule is COc1cc(C=C2Oc3cc(OCC(=O)NCCC(=O)O)ccc3C2=O)cc(OC)c1OC. The van der Waals surface area contributed by atoms with Gasteiger partial charge in [-0.2, -0.15) is 0 Å². The van der Waals surface area contributed by atoms with Crippen molar-refractivity contribution in [2.45, 2.75) is 6.42 Å². The molecular weight excluding hydrogens is 434 g/mol. The number of Topliss-reactive ketones (excluding diaryl/α,β-unsaturated/α-hetero) is 1. The number of amides is 1. The minimum absolute atomic E-state index is 0.00835. The number of carboxylic acid groups (broad SMARTS) is 1. The van der Waals surface area contributed by atoms with Gasteiger partial charge in [-0.25, -0.2) is 0 Å². The highest BCUT2D eigenvalue weighted by Gasteiger charge is 2.28. The minimum Gasteiger partial charge on any atom is -0.493 e. The Bertz CT molecular complexity index is 1080. The summed E-state index contributed by atoms with van der Waals surface area (Å²) >= 11 is 0. The summed E-state index contributed by atoms with van der Waals surface area (Å²) in [6.45, 7) is -0.297. The molecule has 1 aliphatic heterocycles. The number of hydrogen-bond acceptors (Lipinski definition) is 8. The highest BCUT2D eigenvalue weighted by Crippen LogP contribution is 2.40. The lowest BCUT2D eigenvalue weighted by Gasteiger charge is -2.13. The van der Waals surface area contributed by atoms with Crippen LogP contribution in [0.5, 0.6) is 28.7 Å². The van der Waals surface area contributed by atoms with E-state index in [4.69, 9.17) is 28.8 Å². The van der Waals surface area contributed by atoms with E-state index in [9.17, 15) is 14.4 Å². The molecule has 0 saturated heterocycles. The van der Waals surface area contributed by atoms with Crippen molar-refractivity contribution in [1.29, 1.82) is 0 Å². The molecule has 33 heavy (non-hydrogen) atoms. The third-order valence-corrected chi connectivity index (χ3v) is 4.66. The van der Waals surface area contributed by atoms with Crippen LogP contribution < -0.4 is 29.0 Å². The second-order valence-corrected chi connectivity index (χ2v) is 6.84. The number of carboxylic acids is 1. The van der Waals surface area contributed by atoms with E-state index in [1.165, 1.54) is 27.4 Å². The molecule has 0 aromatic heterocycles. The number of rotatable bonds is 10. The number of hydrogen-bond donors (Lipinski definition) is 2. The van der Waals surface area contributed by atoms with Crippen molar-refractivity contribution in [3.63, 3.8) is 0 Å². The van der Waals surface area contributed by atoms with Crippen molar-refractivity contribution < 1.29 is 43.2 Å². The van der Waals surface area contributed by atoms with Crippen molar-refractivity contribution in [3.8, 4) is 28.7 Å². The molecule has 10 heteroatoms. The minimum atomic E-state index is -1.01. The van der Waals surface area contributed by atoms with Crippen molar-refractivity contribution in [3.05, 3.63) is 47.2 Å². The second-order valence-electron chi connectivity index (χ2n) is 6.84. The number of nitrogens with one attached hydrogen (secondary N) is 1. The van der Waals surface area contributed by atoms with Gasteiger partial charge in [0.05, 0.1) is 33.3 Å². The molecule has 0 bridgehead atoms. The Labute approximate surface area is 189 Å². The normalized spacial score (nSPS) is 13.2. The van der Waals surface area contributed by atoms with Gasteiger partial charge in [-0.1, -0.05) is 0 Å². The van der Waals surface area contributed by atoms with Crippen LogP contribution >= 0.6 is 0 Å². The summed E-state index contributed by atoms with van der Waals surface area (Å²) < 4.78 is 27.1. The van der Waals surface area contributed by atoms with Gasteiger partial charge in [-0.3, -0.25) is 14.4 Å². The highest BCUT2D eigenvalue weighted by atomic mass is 16.5. The number of ketones is 1. The maximum absolute atomic E-state index is 12.8. The van der Waals surface area contributed by atoms with Gasteiger partial charge < -0.3 is 34.1 Å². The molecule has 3 rings (SSSR count). The predicted octanol–water partition coefficient (Wildman–Crippen LogP) is 2.30. The molecule has 1 aliphatic rings. The Balaban J connectivity index is 1.72. The summed E-state index contributed by atoms with van der Waals surface area (Å²) in [4.78, 5) is 35.0.